The van der Waals surface area contributed by atoms with Crippen LogP contribution in [0.15, 0.2) is 0 Å². The van der Waals surface area contributed by atoms with Gasteiger partial charge >= 0.3 is 0 Å². The Balaban J connectivity index is 0. The Labute approximate surface area is 127 Å². The summed E-state index contributed by atoms with van der Waals surface area (Å²) in [6, 6.07) is 0. The van der Waals surface area contributed by atoms with Crippen molar-refractivity contribution in [1.82, 2.24) is 0 Å². The molecule has 0 amide bonds. The van der Waals surface area contributed by atoms with E-state index in [9.17, 15) is 0 Å². The third-order valence-electron chi connectivity index (χ3n) is 3.06. The zero-order valence-electron chi connectivity index (χ0n) is 9.40. The quantitative estimate of drug-likeness (QED) is 0.576. The predicted octanol–water partition coefficient (Wildman–Crippen LogP) is 1.89. The smallest absolute Gasteiger partial charge is 0.0856 e. The first-order chi connectivity index (χ1) is 5.57. The van der Waals surface area contributed by atoms with Crippen molar-refractivity contribution in [2.24, 2.45) is 11.8 Å². The molecule has 0 aromatic heterocycles. The maximum atomic E-state index is 5.64. The van der Waals surface area contributed by atoms with Crippen LogP contribution < -0.4 is 0 Å². The molecule has 1 rings (SSSR count). The minimum Gasteiger partial charge on any atom is -0.404 e. The molecule has 0 aliphatic carbocycles. The van der Waals surface area contributed by atoms with Crippen molar-refractivity contribution in [1.29, 1.82) is 0 Å². The van der Waals surface area contributed by atoms with Gasteiger partial charge in [0.2, 0.25) is 0 Å². The van der Waals surface area contributed by atoms with Crippen LogP contribution in [0.3, 0.4) is 0 Å². The maximum Gasteiger partial charge on any atom is 0.0856 e. The summed E-state index contributed by atoms with van der Waals surface area (Å²) in [7, 11) is 1.75. The van der Waals surface area contributed by atoms with Gasteiger partial charge in [0.1, 0.15) is 0 Å². The third-order valence-corrected chi connectivity index (χ3v) is 3.06. The van der Waals surface area contributed by atoms with Crippen molar-refractivity contribution in [3.63, 3.8) is 0 Å². The topological polar surface area (TPSA) is 18.5 Å². The molecule has 2 unspecified atom stereocenters. The van der Waals surface area contributed by atoms with Crippen molar-refractivity contribution in [2.45, 2.75) is 39.1 Å². The standard InChI is InChI=1S/C10H19O2.W.Y/c1-6-7(2)10(11-5)9(4)12-8(6)3;;/h6-10H,3H2,1-2,4-5H3;;/q-1;;/t6-,7+,8?,9+,10?;;/m1../s1. The van der Waals surface area contributed by atoms with E-state index in [1.165, 1.54) is 0 Å². The summed E-state index contributed by atoms with van der Waals surface area (Å²) in [5.74, 6) is 1.01. The average Bonchev–Trinajstić information content (AvgIpc) is 2.01. The zero-order chi connectivity index (χ0) is 9.30. The number of hydrogen-bond acceptors (Lipinski definition) is 2. The van der Waals surface area contributed by atoms with Crippen molar-refractivity contribution in [3.05, 3.63) is 6.92 Å². The van der Waals surface area contributed by atoms with Gasteiger partial charge in [-0.05, 0) is 18.8 Å². The molecule has 1 fully saturated rings. The minimum atomic E-state index is 0. The molecule has 1 heterocycles. The van der Waals surface area contributed by atoms with Crippen molar-refractivity contribution >= 4 is 0 Å². The largest absolute Gasteiger partial charge is 0.404 e. The van der Waals surface area contributed by atoms with E-state index in [4.69, 9.17) is 9.47 Å². The zero-order valence-corrected chi connectivity index (χ0v) is 15.2. The molecule has 1 saturated heterocycles. The normalized spacial score (nSPS) is 42.2. The Bertz CT molecular complexity index is 157. The molecule has 5 atom stereocenters. The Hall–Kier alpha value is 1.71. The molecule has 14 heavy (non-hydrogen) atoms. The van der Waals surface area contributed by atoms with E-state index in [-0.39, 0.29) is 72.1 Å². The monoisotopic (exact) mass is 444 g/mol. The summed E-state index contributed by atoms with van der Waals surface area (Å²) in [5.41, 5.74) is 0. The molecule has 2 nitrogen and oxygen atoms in total. The van der Waals surface area contributed by atoms with Crippen LogP contribution in [-0.2, 0) is 63.2 Å². The number of rotatable bonds is 1. The van der Waals surface area contributed by atoms with Crippen molar-refractivity contribution in [3.8, 4) is 0 Å². The molecule has 0 spiro atoms. The van der Waals surface area contributed by atoms with Gasteiger partial charge in [-0.1, -0.05) is 20.0 Å². The summed E-state index contributed by atoms with van der Waals surface area (Å²) in [6.45, 7) is 10.4. The van der Waals surface area contributed by atoms with Gasteiger partial charge in [-0.15, -0.1) is 0 Å². The van der Waals surface area contributed by atoms with E-state index < -0.39 is 0 Å². The fraction of sp³-hybridized carbons (Fsp3) is 0.900. The molecule has 0 aromatic carbocycles. The van der Waals surface area contributed by atoms with Crippen LogP contribution in [0.5, 0.6) is 0 Å². The molecule has 1 radical (unpaired) electrons. The van der Waals surface area contributed by atoms with Gasteiger partial charge in [0.05, 0.1) is 12.2 Å². The molecular weight excluding hydrogens is 425 g/mol. The SMILES string of the molecule is [CH2-]C1O[C@@H](C)C(OC)[C@@H](C)[C@H]1C.[W].[Y]. The van der Waals surface area contributed by atoms with E-state index in [1.807, 2.05) is 0 Å². The summed E-state index contributed by atoms with van der Waals surface area (Å²) in [4.78, 5) is 0. The second-order valence-electron chi connectivity index (χ2n) is 3.80. The molecule has 1 aliphatic heterocycles. The Morgan fingerprint density at radius 3 is 2.07 bits per heavy atom. The van der Waals surface area contributed by atoms with E-state index in [2.05, 4.69) is 27.7 Å². The van der Waals surface area contributed by atoms with Gasteiger partial charge < -0.3 is 16.4 Å². The van der Waals surface area contributed by atoms with Gasteiger partial charge in [0, 0.05) is 60.9 Å². The molecule has 0 bridgehead atoms. The van der Waals surface area contributed by atoms with Crippen LogP contribution in [0.2, 0.25) is 0 Å². The molecular formula is C10H19O2WY-. The fourth-order valence-corrected chi connectivity index (χ4v) is 1.95. The maximum absolute atomic E-state index is 5.64. The second kappa shape index (κ2) is 7.90. The number of hydrogen-bond donors (Lipinski definition) is 0. The third kappa shape index (κ3) is 3.94. The summed E-state index contributed by atoms with van der Waals surface area (Å²) < 4.78 is 11.0. The van der Waals surface area contributed by atoms with Gasteiger partial charge in [-0.3, -0.25) is 0 Å². The van der Waals surface area contributed by atoms with Crippen molar-refractivity contribution < 1.29 is 63.2 Å². The molecule has 4 heteroatoms. The second-order valence-corrected chi connectivity index (χ2v) is 3.80. The first-order valence-electron chi connectivity index (χ1n) is 4.59. The molecule has 0 aromatic rings. The average molecular weight is 444 g/mol. The predicted molar refractivity (Wildman–Crippen MR) is 48.8 cm³/mol. The van der Waals surface area contributed by atoms with E-state index in [0.717, 1.165) is 0 Å². The number of methoxy groups -OCH3 is 1. The Kier molecular flexibility index (Phi) is 10.2. The Morgan fingerprint density at radius 2 is 1.64 bits per heavy atom. The number of ether oxygens (including phenoxy) is 2. The van der Waals surface area contributed by atoms with Crippen LogP contribution in [0, 0.1) is 18.8 Å². The van der Waals surface area contributed by atoms with Crippen molar-refractivity contribution in [2.75, 3.05) is 7.11 Å². The summed E-state index contributed by atoms with van der Waals surface area (Å²) in [5, 5.41) is 0. The van der Waals surface area contributed by atoms with Crippen LogP contribution in [0.1, 0.15) is 20.8 Å². The van der Waals surface area contributed by atoms with Crippen LogP contribution in [-0.4, -0.2) is 25.4 Å². The van der Waals surface area contributed by atoms with E-state index >= 15 is 0 Å². The minimum absolute atomic E-state index is 0. The Morgan fingerprint density at radius 1 is 1.14 bits per heavy atom. The van der Waals surface area contributed by atoms with Crippen LogP contribution >= 0.6 is 0 Å². The fourth-order valence-electron chi connectivity index (χ4n) is 1.95. The van der Waals surface area contributed by atoms with Crippen LogP contribution in [0.25, 0.3) is 0 Å². The van der Waals surface area contributed by atoms with E-state index in [1.54, 1.807) is 7.11 Å². The molecule has 0 N–H and O–H groups in total. The van der Waals surface area contributed by atoms with Gasteiger partial charge in [0.25, 0.3) is 0 Å². The first-order valence-corrected chi connectivity index (χ1v) is 4.59. The first kappa shape index (κ1) is 18.1. The summed E-state index contributed by atoms with van der Waals surface area (Å²) >= 11 is 0. The summed E-state index contributed by atoms with van der Waals surface area (Å²) in [6.07, 6.45) is 0.503. The molecule has 0 saturated carbocycles. The van der Waals surface area contributed by atoms with Gasteiger partial charge in [0.15, 0.2) is 0 Å². The van der Waals surface area contributed by atoms with E-state index in [0.29, 0.717) is 11.8 Å². The molecule has 1 aliphatic rings. The van der Waals surface area contributed by atoms with Crippen LogP contribution in [0.4, 0.5) is 0 Å². The van der Waals surface area contributed by atoms with Gasteiger partial charge in [-0.25, -0.2) is 0 Å². The van der Waals surface area contributed by atoms with Gasteiger partial charge in [-0.2, -0.15) is 0 Å². The molecule has 81 valence electrons.